The molecular weight excluding hydrogens is 324 g/mol. The zero-order valence-corrected chi connectivity index (χ0v) is 16.4. The van der Waals surface area contributed by atoms with E-state index in [0.29, 0.717) is 30.9 Å². The summed E-state index contributed by atoms with van der Waals surface area (Å²) < 4.78 is 5.27. The smallest absolute Gasteiger partial charge is 0.333 e. The van der Waals surface area contributed by atoms with Crippen molar-refractivity contribution in [2.75, 3.05) is 13.2 Å². The fourth-order valence-corrected chi connectivity index (χ4v) is 4.07. The van der Waals surface area contributed by atoms with Crippen molar-refractivity contribution in [2.45, 2.75) is 71.1 Å². The molecule has 0 amide bonds. The Balaban J connectivity index is 2.02. The summed E-state index contributed by atoms with van der Waals surface area (Å²) in [5.74, 6) is 1.22. The van der Waals surface area contributed by atoms with Crippen molar-refractivity contribution in [3.8, 4) is 0 Å². The number of carbonyl (C=O) groups is 1. The lowest BCUT2D eigenvalue weighted by atomic mass is 9.76. The van der Waals surface area contributed by atoms with Gasteiger partial charge in [-0.3, -0.25) is 0 Å². The van der Waals surface area contributed by atoms with Crippen LogP contribution in [-0.4, -0.2) is 24.3 Å². The van der Waals surface area contributed by atoms with E-state index in [2.05, 4.69) is 31.7 Å². The molecule has 144 valence electrons. The molecule has 0 unspecified atom stereocenters. The van der Waals surface area contributed by atoms with Gasteiger partial charge in [0.15, 0.2) is 0 Å². The summed E-state index contributed by atoms with van der Waals surface area (Å²) in [6, 6.07) is 6.67. The largest absolute Gasteiger partial charge is 0.462 e. The maximum atomic E-state index is 11.6. The molecule has 1 aromatic carbocycles. The molecular formula is C23H34O3. The van der Waals surface area contributed by atoms with E-state index in [-0.39, 0.29) is 12.6 Å². The summed E-state index contributed by atoms with van der Waals surface area (Å²) in [5.41, 5.74) is 4.19. The molecule has 0 heterocycles. The topological polar surface area (TPSA) is 46.5 Å². The normalized spacial score (nSPS) is 20.0. The number of hydrogen-bond donors (Lipinski definition) is 1. The minimum atomic E-state index is -0.334. The van der Waals surface area contributed by atoms with Gasteiger partial charge in [0.1, 0.15) is 0 Å². The molecule has 1 aromatic rings. The number of esters is 1. The summed E-state index contributed by atoms with van der Waals surface area (Å²) >= 11 is 0. The second-order valence-corrected chi connectivity index (χ2v) is 7.67. The minimum Gasteiger partial charge on any atom is -0.462 e. The molecule has 3 nitrogen and oxygen atoms in total. The number of hydrogen-bond acceptors (Lipinski definition) is 3. The van der Waals surface area contributed by atoms with Gasteiger partial charge in [-0.05, 0) is 67.6 Å². The number of carbonyl (C=O) groups excluding carboxylic acids is 1. The lowest BCUT2D eigenvalue weighted by molar-refractivity contribution is -0.138. The fraction of sp³-hybridized carbons (Fsp3) is 0.609. The number of ether oxygens (including phenoxy) is 1. The average molecular weight is 359 g/mol. The van der Waals surface area contributed by atoms with Crippen LogP contribution < -0.4 is 0 Å². The van der Waals surface area contributed by atoms with Crippen LogP contribution in [-0.2, 0) is 22.4 Å². The Morgan fingerprint density at radius 3 is 2.54 bits per heavy atom. The molecule has 0 bridgehead atoms. The Bertz CT molecular complexity index is 597. The Kier molecular flexibility index (Phi) is 8.37. The zero-order valence-electron chi connectivity index (χ0n) is 16.4. The van der Waals surface area contributed by atoms with Crippen LogP contribution in [0, 0.1) is 5.92 Å². The molecule has 1 saturated carbocycles. The summed E-state index contributed by atoms with van der Waals surface area (Å²) in [6.45, 7) is 8.05. The molecule has 0 atom stereocenters. The highest BCUT2D eigenvalue weighted by Gasteiger charge is 2.22. The highest BCUT2D eigenvalue weighted by molar-refractivity contribution is 5.86. The average Bonchev–Trinajstić information content (AvgIpc) is 2.64. The monoisotopic (exact) mass is 358 g/mol. The van der Waals surface area contributed by atoms with E-state index in [1.807, 2.05) is 0 Å². The van der Waals surface area contributed by atoms with Gasteiger partial charge in [0.25, 0.3) is 0 Å². The van der Waals surface area contributed by atoms with Gasteiger partial charge in [0.05, 0.1) is 6.61 Å². The molecule has 0 aromatic heterocycles. The van der Waals surface area contributed by atoms with E-state index < -0.39 is 0 Å². The molecule has 0 saturated heterocycles. The van der Waals surface area contributed by atoms with Crippen LogP contribution >= 0.6 is 0 Å². The maximum Gasteiger partial charge on any atom is 0.333 e. The van der Waals surface area contributed by atoms with E-state index in [4.69, 9.17) is 4.74 Å². The van der Waals surface area contributed by atoms with Gasteiger partial charge < -0.3 is 9.84 Å². The molecule has 26 heavy (non-hydrogen) atoms. The summed E-state index contributed by atoms with van der Waals surface area (Å²) in [5, 5.41) is 9.33. The zero-order chi connectivity index (χ0) is 18.9. The number of aliphatic hydroxyl groups excluding tert-OH is 1. The molecule has 0 spiro atoms. The third-order valence-electron chi connectivity index (χ3n) is 5.58. The van der Waals surface area contributed by atoms with Gasteiger partial charge in [0, 0.05) is 18.6 Å². The van der Waals surface area contributed by atoms with Gasteiger partial charge in [-0.15, -0.1) is 0 Å². The van der Waals surface area contributed by atoms with Gasteiger partial charge in [-0.1, -0.05) is 44.5 Å². The molecule has 1 aliphatic rings. The standard InChI is InChI=1S/C23H34O3/c1-4-5-18-6-8-19(9-7-18)21-11-10-20(12-14-24)22(16-21)13-15-26-23(25)17(2)3/h10-11,16,18-19,24H,2,4-9,12-15H2,1,3H3. The summed E-state index contributed by atoms with van der Waals surface area (Å²) in [4.78, 5) is 11.6. The number of rotatable bonds is 9. The number of benzene rings is 1. The quantitative estimate of drug-likeness (QED) is 0.501. The first-order valence-corrected chi connectivity index (χ1v) is 10.1. The number of aliphatic hydroxyl groups is 1. The van der Waals surface area contributed by atoms with E-state index in [0.717, 1.165) is 11.5 Å². The first kappa shape index (κ1) is 20.7. The fourth-order valence-electron chi connectivity index (χ4n) is 4.07. The van der Waals surface area contributed by atoms with Crippen molar-refractivity contribution in [3.63, 3.8) is 0 Å². The van der Waals surface area contributed by atoms with Gasteiger partial charge in [-0.25, -0.2) is 4.79 Å². The van der Waals surface area contributed by atoms with Crippen molar-refractivity contribution in [1.29, 1.82) is 0 Å². The van der Waals surface area contributed by atoms with Gasteiger partial charge in [0.2, 0.25) is 0 Å². The van der Waals surface area contributed by atoms with Gasteiger partial charge >= 0.3 is 5.97 Å². The Labute approximate surface area is 158 Å². The SMILES string of the molecule is C=C(C)C(=O)OCCc1cc(C2CCC(CCC)CC2)ccc1CCO. The maximum absolute atomic E-state index is 11.6. The Hall–Kier alpha value is -1.61. The van der Waals surface area contributed by atoms with Crippen molar-refractivity contribution in [3.05, 3.63) is 47.0 Å². The Morgan fingerprint density at radius 2 is 1.92 bits per heavy atom. The molecule has 2 rings (SSSR count). The predicted octanol–water partition coefficient (Wildman–Crippen LogP) is 4.96. The van der Waals surface area contributed by atoms with Crippen LogP contribution in [0.3, 0.4) is 0 Å². The third kappa shape index (κ3) is 5.98. The molecule has 0 aliphatic heterocycles. The third-order valence-corrected chi connectivity index (χ3v) is 5.58. The van der Waals surface area contributed by atoms with Crippen molar-refractivity contribution in [1.82, 2.24) is 0 Å². The van der Waals surface area contributed by atoms with E-state index in [1.165, 1.54) is 49.7 Å². The summed E-state index contributed by atoms with van der Waals surface area (Å²) in [6.07, 6.45) is 9.20. The predicted molar refractivity (Wildman–Crippen MR) is 106 cm³/mol. The summed E-state index contributed by atoms with van der Waals surface area (Å²) in [7, 11) is 0. The van der Waals surface area contributed by atoms with Crippen molar-refractivity contribution >= 4 is 5.97 Å². The van der Waals surface area contributed by atoms with Crippen LogP contribution in [0.25, 0.3) is 0 Å². The van der Waals surface area contributed by atoms with Crippen LogP contribution in [0.4, 0.5) is 0 Å². The van der Waals surface area contributed by atoms with Gasteiger partial charge in [-0.2, -0.15) is 0 Å². The lowest BCUT2D eigenvalue weighted by Gasteiger charge is -2.29. The highest BCUT2D eigenvalue weighted by atomic mass is 16.5. The van der Waals surface area contributed by atoms with E-state index in [9.17, 15) is 9.90 Å². The van der Waals surface area contributed by atoms with E-state index in [1.54, 1.807) is 6.92 Å². The van der Waals surface area contributed by atoms with Crippen LogP contribution in [0.5, 0.6) is 0 Å². The highest BCUT2D eigenvalue weighted by Crippen LogP contribution is 2.38. The molecule has 0 radical (unpaired) electrons. The second-order valence-electron chi connectivity index (χ2n) is 7.67. The molecule has 3 heteroatoms. The molecule has 1 fully saturated rings. The Morgan fingerprint density at radius 1 is 1.19 bits per heavy atom. The second kappa shape index (κ2) is 10.5. The van der Waals surface area contributed by atoms with Crippen LogP contribution in [0.15, 0.2) is 30.4 Å². The molecule has 1 aliphatic carbocycles. The van der Waals surface area contributed by atoms with E-state index >= 15 is 0 Å². The van der Waals surface area contributed by atoms with Crippen LogP contribution in [0.2, 0.25) is 0 Å². The molecule has 1 N–H and O–H groups in total. The van der Waals surface area contributed by atoms with Crippen molar-refractivity contribution in [2.24, 2.45) is 5.92 Å². The lowest BCUT2D eigenvalue weighted by Crippen LogP contribution is -2.14. The minimum absolute atomic E-state index is 0.139. The first-order valence-electron chi connectivity index (χ1n) is 10.1. The first-order chi connectivity index (χ1) is 12.5. The van der Waals surface area contributed by atoms with Crippen molar-refractivity contribution < 1.29 is 14.6 Å². The van der Waals surface area contributed by atoms with Crippen LogP contribution in [0.1, 0.15) is 75.0 Å².